The van der Waals surface area contributed by atoms with Crippen molar-refractivity contribution < 1.29 is 10.0 Å². The molecule has 2 aromatic carbocycles. The Morgan fingerprint density at radius 1 is 0.818 bits per heavy atom. The Bertz CT molecular complexity index is 964. The fourth-order valence-corrected chi connectivity index (χ4v) is 2.88. The summed E-state index contributed by atoms with van der Waals surface area (Å²) in [6.07, 6.45) is 1.77. The van der Waals surface area contributed by atoms with Gasteiger partial charge in [-0.25, -0.2) is 4.98 Å². The van der Waals surface area contributed by atoms with E-state index in [1.807, 2.05) is 54.6 Å². The van der Waals surface area contributed by atoms with Gasteiger partial charge in [-0.15, -0.1) is 0 Å². The molecule has 0 aliphatic carbocycles. The maximum atomic E-state index is 9.42. The second-order valence-electron chi connectivity index (χ2n) is 5.19. The Morgan fingerprint density at radius 3 is 2.36 bits per heavy atom. The first-order valence-corrected chi connectivity index (χ1v) is 7.06. The lowest BCUT2D eigenvalue weighted by molar-refractivity contribution is 0.426. The summed E-state index contributed by atoms with van der Waals surface area (Å²) in [4.78, 5) is 4.44. The van der Waals surface area contributed by atoms with E-state index in [4.69, 9.17) is 0 Å². The van der Waals surface area contributed by atoms with Crippen molar-refractivity contribution in [1.29, 1.82) is 0 Å². The lowest BCUT2D eigenvalue weighted by atomic mass is 9.80. The standard InChI is InChI=1S/C17H13BN2O2/c21-18(22)12-8-9-16-14(11-12)13-5-1-2-6-15(13)20(16)17-7-3-4-10-19-17/h1-11,21-22H. The van der Waals surface area contributed by atoms with Gasteiger partial charge in [-0.05, 0) is 29.7 Å². The van der Waals surface area contributed by atoms with Crippen molar-refractivity contribution in [3.05, 3.63) is 66.9 Å². The first-order chi connectivity index (χ1) is 10.8. The summed E-state index contributed by atoms with van der Waals surface area (Å²) in [5.74, 6) is 0.839. The summed E-state index contributed by atoms with van der Waals surface area (Å²) < 4.78 is 2.08. The molecule has 0 aliphatic heterocycles. The van der Waals surface area contributed by atoms with Crippen LogP contribution in [0.25, 0.3) is 27.6 Å². The van der Waals surface area contributed by atoms with Crippen LogP contribution in [0.3, 0.4) is 0 Å². The number of fused-ring (bicyclic) bond motifs is 3. The molecule has 0 saturated heterocycles. The third kappa shape index (κ3) is 1.91. The molecule has 0 radical (unpaired) electrons. The second-order valence-corrected chi connectivity index (χ2v) is 5.19. The Kier molecular flexibility index (Phi) is 2.96. The van der Waals surface area contributed by atoms with E-state index in [9.17, 15) is 10.0 Å². The quantitative estimate of drug-likeness (QED) is 0.553. The topological polar surface area (TPSA) is 58.3 Å². The molecule has 0 atom stereocenters. The van der Waals surface area contributed by atoms with E-state index in [0.29, 0.717) is 5.46 Å². The zero-order valence-corrected chi connectivity index (χ0v) is 11.7. The average Bonchev–Trinajstić information content (AvgIpc) is 2.89. The predicted octanol–water partition coefficient (Wildman–Crippen LogP) is 1.86. The Morgan fingerprint density at radius 2 is 1.59 bits per heavy atom. The minimum absolute atomic E-state index is 0.483. The fraction of sp³-hybridized carbons (Fsp3) is 0. The number of pyridine rings is 1. The molecule has 2 heterocycles. The number of rotatable bonds is 2. The maximum Gasteiger partial charge on any atom is 0.488 e. The molecule has 0 saturated carbocycles. The third-order valence-corrected chi connectivity index (χ3v) is 3.87. The summed E-state index contributed by atoms with van der Waals surface area (Å²) in [6.45, 7) is 0. The average molecular weight is 288 g/mol. The van der Waals surface area contributed by atoms with Crippen molar-refractivity contribution in [2.45, 2.75) is 0 Å². The fourth-order valence-electron chi connectivity index (χ4n) is 2.88. The first kappa shape index (κ1) is 13.1. The molecule has 0 fully saturated rings. The van der Waals surface area contributed by atoms with Crippen LogP contribution in [0.2, 0.25) is 0 Å². The lowest BCUT2D eigenvalue weighted by Gasteiger charge is -2.06. The predicted molar refractivity (Wildman–Crippen MR) is 88.4 cm³/mol. The van der Waals surface area contributed by atoms with Gasteiger partial charge in [0.05, 0.1) is 11.0 Å². The Balaban J connectivity index is 2.14. The highest BCUT2D eigenvalue weighted by atomic mass is 16.4. The molecule has 2 aromatic heterocycles. The van der Waals surface area contributed by atoms with Crippen LogP contribution >= 0.6 is 0 Å². The molecule has 22 heavy (non-hydrogen) atoms. The van der Waals surface area contributed by atoms with Crippen molar-refractivity contribution >= 4 is 34.4 Å². The molecular weight excluding hydrogens is 275 g/mol. The number of aromatic nitrogens is 2. The van der Waals surface area contributed by atoms with Crippen molar-refractivity contribution in [3.63, 3.8) is 0 Å². The van der Waals surface area contributed by atoms with E-state index in [2.05, 4.69) is 9.55 Å². The van der Waals surface area contributed by atoms with Crippen LogP contribution in [-0.2, 0) is 0 Å². The summed E-state index contributed by atoms with van der Waals surface area (Å²) in [5, 5.41) is 20.9. The zero-order valence-electron chi connectivity index (χ0n) is 11.7. The van der Waals surface area contributed by atoms with Crippen molar-refractivity contribution in [3.8, 4) is 5.82 Å². The SMILES string of the molecule is OB(O)c1ccc2c(c1)c1ccccc1n2-c1ccccn1. The van der Waals surface area contributed by atoms with E-state index in [1.54, 1.807) is 12.3 Å². The van der Waals surface area contributed by atoms with Gasteiger partial charge in [0.25, 0.3) is 0 Å². The highest BCUT2D eigenvalue weighted by Crippen LogP contribution is 2.30. The van der Waals surface area contributed by atoms with E-state index < -0.39 is 7.12 Å². The molecule has 2 N–H and O–H groups in total. The minimum Gasteiger partial charge on any atom is -0.423 e. The van der Waals surface area contributed by atoms with E-state index in [1.165, 1.54) is 0 Å². The summed E-state index contributed by atoms with van der Waals surface area (Å²) in [7, 11) is -1.47. The zero-order chi connectivity index (χ0) is 15.1. The number of nitrogens with zero attached hydrogens (tertiary/aromatic N) is 2. The van der Waals surface area contributed by atoms with Crippen LogP contribution in [0, 0.1) is 0 Å². The van der Waals surface area contributed by atoms with Gasteiger partial charge >= 0.3 is 7.12 Å². The van der Waals surface area contributed by atoms with Gasteiger partial charge in [-0.3, -0.25) is 4.57 Å². The molecule has 5 heteroatoms. The summed E-state index contributed by atoms with van der Waals surface area (Å²) in [6, 6.07) is 19.3. The largest absolute Gasteiger partial charge is 0.488 e. The number of benzene rings is 2. The Labute approximate surface area is 127 Å². The van der Waals surface area contributed by atoms with Crippen molar-refractivity contribution in [2.24, 2.45) is 0 Å². The molecule has 4 nitrogen and oxygen atoms in total. The number of hydrogen-bond acceptors (Lipinski definition) is 3. The van der Waals surface area contributed by atoms with Gasteiger partial charge in [0.2, 0.25) is 0 Å². The van der Waals surface area contributed by atoms with Crippen LogP contribution in [0.15, 0.2) is 66.9 Å². The van der Waals surface area contributed by atoms with E-state index in [0.717, 1.165) is 27.6 Å². The maximum absolute atomic E-state index is 9.42. The molecule has 0 unspecified atom stereocenters. The molecule has 0 aliphatic rings. The van der Waals surface area contributed by atoms with Gasteiger partial charge < -0.3 is 10.0 Å². The molecule has 4 aromatic rings. The highest BCUT2D eigenvalue weighted by molar-refractivity contribution is 6.59. The summed E-state index contributed by atoms with van der Waals surface area (Å²) in [5.41, 5.74) is 2.52. The van der Waals surface area contributed by atoms with E-state index >= 15 is 0 Å². The van der Waals surface area contributed by atoms with Gasteiger partial charge in [-0.1, -0.05) is 36.4 Å². The molecule has 0 spiro atoms. The smallest absolute Gasteiger partial charge is 0.423 e. The number of para-hydroxylation sites is 1. The van der Waals surface area contributed by atoms with Crippen LogP contribution in [0.1, 0.15) is 0 Å². The van der Waals surface area contributed by atoms with E-state index in [-0.39, 0.29) is 0 Å². The van der Waals surface area contributed by atoms with Crippen LogP contribution in [0.4, 0.5) is 0 Å². The van der Waals surface area contributed by atoms with Gasteiger partial charge in [0.15, 0.2) is 0 Å². The molecule has 106 valence electrons. The summed E-state index contributed by atoms with van der Waals surface area (Å²) >= 11 is 0. The van der Waals surface area contributed by atoms with Gasteiger partial charge in [0.1, 0.15) is 5.82 Å². The lowest BCUT2D eigenvalue weighted by Crippen LogP contribution is -2.29. The van der Waals surface area contributed by atoms with Gasteiger partial charge in [0, 0.05) is 17.0 Å². The molecule has 4 rings (SSSR count). The molecule has 0 bridgehead atoms. The van der Waals surface area contributed by atoms with Crippen molar-refractivity contribution in [1.82, 2.24) is 9.55 Å². The van der Waals surface area contributed by atoms with Crippen molar-refractivity contribution in [2.75, 3.05) is 0 Å². The van der Waals surface area contributed by atoms with Crippen LogP contribution in [-0.4, -0.2) is 26.7 Å². The van der Waals surface area contributed by atoms with Crippen LogP contribution in [0.5, 0.6) is 0 Å². The normalized spacial score (nSPS) is 11.2. The minimum atomic E-state index is -1.47. The van der Waals surface area contributed by atoms with Crippen LogP contribution < -0.4 is 5.46 Å². The molecule has 0 amide bonds. The third-order valence-electron chi connectivity index (χ3n) is 3.87. The number of hydrogen-bond donors (Lipinski definition) is 2. The molecular formula is C17H13BN2O2. The monoisotopic (exact) mass is 288 g/mol. The first-order valence-electron chi connectivity index (χ1n) is 7.06. The second kappa shape index (κ2) is 4.98. The Hall–Kier alpha value is -2.63. The highest BCUT2D eigenvalue weighted by Gasteiger charge is 2.16. The van der Waals surface area contributed by atoms with Gasteiger partial charge in [-0.2, -0.15) is 0 Å².